The molecule has 18 heavy (non-hydrogen) atoms. The molecule has 0 spiro atoms. The Labute approximate surface area is 128 Å². The Bertz CT molecular complexity index is 494. The van der Waals surface area contributed by atoms with Crippen LogP contribution in [0.1, 0.15) is 29.6 Å². The Morgan fingerprint density at radius 2 is 2.28 bits per heavy atom. The second-order valence-corrected chi connectivity index (χ2v) is 6.91. The van der Waals surface area contributed by atoms with Crippen molar-refractivity contribution in [3.8, 4) is 0 Å². The number of hydrogen-bond acceptors (Lipinski definition) is 2. The van der Waals surface area contributed by atoms with Crippen LogP contribution < -0.4 is 5.32 Å². The Hall–Kier alpha value is -0.140. The van der Waals surface area contributed by atoms with Gasteiger partial charge in [0, 0.05) is 8.04 Å². The van der Waals surface area contributed by atoms with E-state index in [1.54, 1.807) is 0 Å². The molecule has 0 aromatic heterocycles. The number of fused-ring (bicyclic) bond motifs is 2. The van der Waals surface area contributed by atoms with Gasteiger partial charge in [-0.3, -0.25) is 4.79 Å². The normalized spacial score (nSPS) is 29.6. The van der Waals surface area contributed by atoms with Gasteiger partial charge in [0.15, 0.2) is 0 Å². The third-order valence-electron chi connectivity index (χ3n) is 3.60. The zero-order chi connectivity index (χ0) is 12.7. The van der Waals surface area contributed by atoms with E-state index in [-0.39, 0.29) is 18.1 Å². The highest BCUT2D eigenvalue weighted by Crippen LogP contribution is 2.34. The minimum Gasteiger partial charge on any atom is -0.373 e. The summed E-state index contributed by atoms with van der Waals surface area (Å²) in [5.74, 6) is -0.0125. The number of amides is 1. The molecule has 3 atom stereocenters. The first-order valence-corrected chi connectivity index (χ1v) is 7.92. The SMILES string of the molecule is O=C(NC1CC2CCC1O2)c1cc(I)ccc1Br. The molecule has 0 saturated carbocycles. The average molecular weight is 422 g/mol. The van der Waals surface area contributed by atoms with Gasteiger partial charge in [0.05, 0.1) is 23.8 Å². The number of benzene rings is 1. The van der Waals surface area contributed by atoms with E-state index in [2.05, 4.69) is 43.8 Å². The number of nitrogens with one attached hydrogen (secondary N) is 1. The van der Waals surface area contributed by atoms with E-state index in [9.17, 15) is 4.79 Å². The number of halogens is 2. The molecule has 2 bridgehead atoms. The lowest BCUT2D eigenvalue weighted by atomic mass is 9.95. The van der Waals surface area contributed by atoms with Crippen molar-refractivity contribution in [1.29, 1.82) is 0 Å². The van der Waals surface area contributed by atoms with E-state index in [0.29, 0.717) is 11.7 Å². The number of hydrogen-bond donors (Lipinski definition) is 1. The van der Waals surface area contributed by atoms with E-state index in [1.807, 2.05) is 18.2 Å². The van der Waals surface area contributed by atoms with E-state index in [0.717, 1.165) is 27.3 Å². The van der Waals surface area contributed by atoms with Gasteiger partial charge < -0.3 is 10.1 Å². The quantitative estimate of drug-likeness (QED) is 0.745. The average Bonchev–Trinajstić information content (AvgIpc) is 2.94. The summed E-state index contributed by atoms with van der Waals surface area (Å²) in [5.41, 5.74) is 0.699. The van der Waals surface area contributed by atoms with E-state index in [4.69, 9.17) is 4.74 Å². The molecule has 1 aromatic carbocycles. The van der Waals surface area contributed by atoms with Crippen molar-refractivity contribution in [1.82, 2.24) is 5.32 Å². The van der Waals surface area contributed by atoms with Gasteiger partial charge in [-0.2, -0.15) is 0 Å². The number of ether oxygens (including phenoxy) is 1. The van der Waals surface area contributed by atoms with Crippen molar-refractivity contribution >= 4 is 44.4 Å². The standard InChI is InChI=1S/C13H13BrINO2/c14-10-3-1-7(15)5-9(10)13(17)16-11-6-8-2-4-12(11)18-8/h1,3,5,8,11-12H,2,4,6H2,(H,16,17). The maximum Gasteiger partial charge on any atom is 0.252 e. The van der Waals surface area contributed by atoms with Crippen LogP contribution in [0, 0.1) is 3.57 Å². The molecule has 2 heterocycles. The Morgan fingerprint density at radius 3 is 2.94 bits per heavy atom. The first kappa shape index (κ1) is 12.9. The van der Waals surface area contributed by atoms with Crippen molar-refractivity contribution in [2.45, 2.75) is 37.5 Å². The Balaban J connectivity index is 1.73. The highest BCUT2D eigenvalue weighted by atomic mass is 127. The van der Waals surface area contributed by atoms with Crippen LogP contribution in [-0.4, -0.2) is 24.2 Å². The summed E-state index contributed by atoms with van der Waals surface area (Å²) in [7, 11) is 0. The number of carbonyl (C=O) groups excluding carboxylic acids is 1. The van der Waals surface area contributed by atoms with Crippen LogP contribution in [0.4, 0.5) is 0 Å². The lowest BCUT2D eigenvalue weighted by molar-refractivity contribution is 0.0840. The molecule has 3 unspecified atom stereocenters. The third kappa shape index (κ3) is 2.44. The number of rotatable bonds is 2. The lowest BCUT2D eigenvalue weighted by Gasteiger charge is -2.20. The Kier molecular flexibility index (Phi) is 3.64. The smallest absolute Gasteiger partial charge is 0.252 e. The van der Waals surface area contributed by atoms with Gasteiger partial charge in [0.2, 0.25) is 0 Å². The molecule has 2 fully saturated rings. The molecule has 96 valence electrons. The minimum absolute atomic E-state index is 0.0125. The maximum absolute atomic E-state index is 12.3. The monoisotopic (exact) mass is 421 g/mol. The first-order chi connectivity index (χ1) is 8.63. The summed E-state index contributed by atoms with van der Waals surface area (Å²) >= 11 is 5.64. The fourth-order valence-electron chi connectivity index (χ4n) is 2.71. The van der Waals surface area contributed by atoms with Crippen LogP contribution in [0.25, 0.3) is 0 Å². The highest BCUT2D eigenvalue weighted by Gasteiger charge is 2.41. The highest BCUT2D eigenvalue weighted by molar-refractivity contribution is 14.1. The fourth-order valence-corrected chi connectivity index (χ4v) is 3.63. The van der Waals surface area contributed by atoms with Gasteiger partial charge in [-0.25, -0.2) is 0 Å². The zero-order valence-electron chi connectivity index (χ0n) is 9.66. The summed E-state index contributed by atoms with van der Waals surface area (Å²) in [4.78, 5) is 12.3. The molecule has 3 nitrogen and oxygen atoms in total. The molecule has 5 heteroatoms. The molecular weight excluding hydrogens is 409 g/mol. The molecule has 1 aromatic rings. The predicted molar refractivity (Wildman–Crippen MR) is 80.6 cm³/mol. The maximum atomic E-state index is 12.3. The van der Waals surface area contributed by atoms with Crippen LogP contribution in [-0.2, 0) is 4.74 Å². The van der Waals surface area contributed by atoms with Crippen molar-refractivity contribution in [3.63, 3.8) is 0 Å². The Morgan fingerprint density at radius 1 is 1.44 bits per heavy atom. The molecule has 3 rings (SSSR count). The summed E-state index contributed by atoms with van der Waals surface area (Å²) in [6, 6.07) is 5.96. The van der Waals surface area contributed by atoms with E-state index >= 15 is 0 Å². The van der Waals surface area contributed by atoms with E-state index < -0.39 is 0 Å². The van der Waals surface area contributed by atoms with Gasteiger partial charge in [0.25, 0.3) is 5.91 Å². The third-order valence-corrected chi connectivity index (χ3v) is 4.96. The van der Waals surface area contributed by atoms with Crippen LogP contribution in [0.5, 0.6) is 0 Å². The van der Waals surface area contributed by atoms with Gasteiger partial charge in [-0.1, -0.05) is 0 Å². The largest absolute Gasteiger partial charge is 0.373 e. The van der Waals surface area contributed by atoms with Gasteiger partial charge >= 0.3 is 0 Å². The van der Waals surface area contributed by atoms with Crippen LogP contribution in [0.3, 0.4) is 0 Å². The molecular formula is C13H13BrINO2. The molecule has 1 amide bonds. The molecule has 0 radical (unpaired) electrons. The molecule has 1 N–H and O–H groups in total. The summed E-state index contributed by atoms with van der Waals surface area (Å²) in [5, 5.41) is 3.10. The van der Waals surface area contributed by atoms with Gasteiger partial charge in [-0.05, 0) is 76.0 Å². The van der Waals surface area contributed by atoms with Crippen molar-refractivity contribution in [2.24, 2.45) is 0 Å². The zero-order valence-corrected chi connectivity index (χ0v) is 13.4. The van der Waals surface area contributed by atoms with Crippen molar-refractivity contribution in [2.75, 3.05) is 0 Å². The minimum atomic E-state index is -0.0125. The van der Waals surface area contributed by atoms with Crippen LogP contribution in [0.15, 0.2) is 22.7 Å². The fraction of sp³-hybridized carbons (Fsp3) is 0.462. The molecule has 2 aliphatic heterocycles. The number of carbonyl (C=O) groups is 1. The predicted octanol–water partition coefficient (Wildman–Crippen LogP) is 3.10. The summed E-state index contributed by atoms with van der Waals surface area (Å²) in [6.45, 7) is 0. The molecule has 0 aliphatic carbocycles. The van der Waals surface area contributed by atoms with Crippen LogP contribution >= 0.6 is 38.5 Å². The molecule has 2 aliphatic rings. The van der Waals surface area contributed by atoms with Crippen LogP contribution in [0.2, 0.25) is 0 Å². The summed E-state index contributed by atoms with van der Waals surface area (Å²) < 4.78 is 7.65. The lowest BCUT2D eigenvalue weighted by Crippen LogP contribution is -2.41. The topological polar surface area (TPSA) is 38.3 Å². The van der Waals surface area contributed by atoms with Crippen molar-refractivity contribution < 1.29 is 9.53 Å². The van der Waals surface area contributed by atoms with Crippen molar-refractivity contribution in [3.05, 3.63) is 31.8 Å². The molecule has 2 saturated heterocycles. The first-order valence-electron chi connectivity index (χ1n) is 6.05. The second kappa shape index (κ2) is 5.09. The summed E-state index contributed by atoms with van der Waals surface area (Å²) in [6.07, 6.45) is 3.76. The van der Waals surface area contributed by atoms with Gasteiger partial charge in [0.1, 0.15) is 0 Å². The van der Waals surface area contributed by atoms with Gasteiger partial charge in [-0.15, -0.1) is 0 Å². The second-order valence-electron chi connectivity index (χ2n) is 4.81. The van der Waals surface area contributed by atoms with E-state index in [1.165, 1.54) is 0 Å².